The number of amides is 1. The van der Waals surface area contributed by atoms with Crippen molar-refractivity contribution in [3.8, 4) is 11.1 Å². The molecule has 0 aliphatic heterocycles. The molecule has 27 heavy (non-hydrogen) atoms. The zero-order valence-electron chi connectivity index (χ0n) is 15.9. The van der Waals surface area contributed by atoms with Gasteiger partial charge in [-0.3, -0.25) is 0 Å². The van der Waals surface area contributed by atoms with Crippen molar-refractivity contribution in [1.82, 2.24) is 5.32 Å². The van der Waals surface area contributed by atoms with Crippen LogP contribution in [0.4, 0.5) is 4.79 Å². The summed E-state index contributed by atoms with van der Waals surface area (Å²) in [6.45, 7) is 5.97. The number of carbonyl (C=O) groups excluding carboxylic acids is 1. The van der Waals surface area contributed by atoms with Gasteiger partial charge in [-0.15, -0.1) is 0 Å². The summed E-state index contributed by atoms with van der Waals surface area (Å²) in [5.74, 6) is -1.10. The molecule has 0 fully saturated rings. The fourth-order valence-electron chi connectivity index (χ4n) is 3.59. The molecule has 0 radical (unpaired) electrons. The van der Waals surface area contributed by atoms with Crippen LogP contribution in [0.2, 0.25) is 0 Å². The van der Waals surface area contributed by atoms with Crippen molar-refractivity contribution >= 4 is 12.1 Å². The summed E-state index contributed by atoms with van der Waals surface area (Å²) in [5, 5.41) is 11.8. The van der Waals surface area contributed by atoms with E-state index in [0.29, 0.717) is 6.42 Å². The predicted molar refractivity (Wildman–Crippen MR) is 104 cm³/mol. The lowest BCUT2D eigenvalue weighted by molar-refractivity contribution is -0.140. The molecule has 0 saturated heterocycles. The molecular weight excluding hydrogens is 342 g/mol. The van der Waals surface area contributed by atoms with Crippen LogP contribution < -0.4 is 5.32 Å². The SMILES string of the molecule is CC(C)(C)C[C@@H](NC(=O)OCC1c2ccccc2-c2ccccc21)C(=O)O. The van der Waals surface area contributed by atoms with Gasteiger partial charge in [0.1, 0.15) is 12.6 Å². The average Bonchev–Trinajstić information content (AvgIpc) is 2.92. The molecule has 5 nitrogen and oxygen atoms in total. The number of nitrogens with one attached hydrogen (secondary N) is 1. The first-order valence-corrected chi connectivity index (χ1v) is 9.10. The number of aliphatic carboxylic acids is 1. The molecule has 1 aliphatic rings. The van der Waals surface area contributed by atoms with Crippen LogP contribution in [0.3, 0.4) is 0 Å². The summed E-state index contributed by atoms with van der Waals surface area (Å²) in [6, 6.07) is 15.2. The summed E-state index contributed by atoms with van der Waals surface area (Å²) in [5.41, 5.74) is 4.32. The number of benzene rings is 2. The predicted octanol–water partition coefficient (Wildman–Crippen LogP) is 4.41. The van der Waals surface area contributed by atoms with E-state index in [-0.39, 0.29) is 17.9 Å². The monoisotopic (exact) mass is 367 g/mol. The van der Waals surface area contributed by atoms with Crippen LogP contribution >= 0.6 is 0 Å². The minimum atomic E-state index is -1.06. The van der Waals surface area contributed by atoms with Crippen LogP contribution in [0.1, 0.15) is 44.2 Å². The lowest BCUT2D eigenvalue weighted by atomic mass is 9.88. The van der Waals surface area contributed by atoms with Gasteiger partial charge in [0, 0.05) is 5.92 Å². The quantitative estimate of drug-likeness (QED) is 0.820. The van der Waals surface area contributed by atoms with Crippen molar-refractivity contribution in [1.29, 1.82) is 0 Å². The Hall–Kier alpha value is -2.82. The van der Waals surface area contributed by atoms with Gasteiger partial charge in [-0.1, -0.05) is 69.3 Å². The Bertz CT molecular complexity index is 808. The van der Waals surface area contributed by atoms with Crippen LogP contribution in [-0.4, -0.2) is 29.8 Å². The van der Waals surface area contributed by atoms with E-state index in [0.717, 1.165) is 22.3 Å². The van der Waals surface area contributed by atoms with Crippen molar-refractivity contribution in [3.63, 3.8) is 0 Å². The molecule has 0 bridgehead atoms. The second-order valence-electron chi connectivity index (χ2n) is 8.13. The van der Waals surface area contributed by atoms with Gasteiger partial charge in [0.05, 0.1) is 0 Å². The number of hydrogen-bond acceptors (Lipinski definition) is 3. The number of carbonyl (C=O) groups is 2. The maximum atomic E-state index is 12.2. The first kappa shape index (κ1) is 19.0. The fourth-order valence-corrected chi connectivity index (χ4v) is 3.59. The topological polar surface area (TPSA) is 75.6 Å². The highest BCUT2D eigenvalue weighted by molar-refractivity contribution is 5.81. The number of hydrogen-bond donors (Lipinski definition) is 2. The number of ether oxygens (including phenoxy) is 1. The standard InChI is InChI=1S/C22H25NO4/c1-22(2,3)12-19(20(24)25)23-21(26)27-13-18-16-10-6-4-8-14(16)15-9-5-7-11-17(15)18/h4-11,18-19H,12-13H2,1-3H3,(H,23,26)(H,24,25)/t19-/m1/s1. The van der Waals surface area contributed by atoms with Crippen molar-refractivity contribution in [2.24, 2.45) is 5.41 Å². The Morgan fingerprint density at radius 2 is 1.56 bits per heavy atom. The van der Waals surface area contributed by atoms with E-state index in [2.05, 4.69) is 17.4 Å². The summed E-state index contributed by atoms with van der Waals surface area (Å²) in [4.78, 5) is 23.7. The Morgan fingerprint density at radius 1 is 1.04 bits per heavy atom. The molecule has 0 spiro atoms. The van der Waals surface area contributed by atoms with Gasteiger partial charge in [-0.2, -0.15) is 0 Å². The zero-order chi connectivity index (χ0) is 19.6. The van der Waals surface area contributed by atoms with Crippen molar-refractivity contribution in [2.45, 2.75) is 39.2 Å². The number of alkyl carbamates (subject to hydrolysis) is 1. The number of carboxylic acids is 1. The third-order valence-corrected chi connectivity index (χ3v) is 4.75. The van der Waals surface area contributed by atoms with Gasteiger partial charge in [-0.05, 0) is 34.1 Å². The van der Waals surface area contributed by atoms with Crippen LogP contribution in [0.15, 0.2) is 48.5 Å². The molecule has 2 aromatic rings. The zero-order valence-corrected chi connectivity index (χ0v) is 15.9. The second kappa shape index (κ2) is 7.43. The molecular formula is C22H25NO4. The third-order valence-electron chi connectivity index (χ3n) is 4.75. The highest BCUT2D eigenvalue weighted by atomic mass is 16.5. The second-order valence-corrected chi connectivity index (χ2v) is 8.13. The Labute approximate surface area is 159 Å². The van der Waals surface area contributed by atoms with E-state index >= 15 is 0 Å². The van der Waals surface area contributed by atoms with Crippen LogP contribution in [0.5, 0.6) is 0 Å². The minimum absolute atomic E-state index is 0.0472. The van der Waals surface area contributed by atoms with Crippen LogP contribution in [0.25, 0.3) is 11.1 Å². The third kappa shape index (κ3) is 4.30. The van der Waals surface area contributed by atoms with Gasteiger partial charge in [-0.25, -0.2) is 9.59 Å². The summed E-state index contributed by atoms with van der Waals surface area (Å²) < 4.78 is 5.42. The van der Waals surface area contributed by atoms with E-state index in [9.17, 15) is 14.7 Å². The molecule has 5 heteroatoms. The molecule has 0 saturated carbocycles. The molecule has 3 rings (SSSR count). The Morgan fingerprint density at radius 3 is 2.04 bits per heavy atom. The largest absolute Gasteiger partial charge is 0.480 e. The molecule has 1 amide bonds. The highest BCUT2D eigenvalue weighted by Gasteiger charge is 2.30. The van der Waals surface area contributed by atoms with Gasteiger partial charge in [0.25, 0.3) is 0 Å². The highest BCUT2D eigenvalue weighted by Crippen LogP contribution is 2.44. The first-order chi connectivity index (χ1) is 12.8. The van der Waals surface area contributed by atoms with Gasteiger partial charge in [0.15, 0.2) is 0 Å². The molecule has 1 atom stereocenters. The number of rotatable bonds is 5. The summed E-state index contributed by atoms with van der Waals surface area (Å²) >= 11 is 0. The molecule has 2 N–H and O–H groups in total. The van der Waals surface area contributed by atoms with Gasteiger partial charge >= 0.3 is 12.1 Å². The number of fused-ring (bicyclic) bond motifs is 3. The molecule has 2 aromatic carbocycles. The molecule has 142 valence electrons. The van der Waals surface area contributed by atoms with Crippen molar-refractivity contribution in [2.75, 3.05) is 6.61 Å². The lowest BCUT2D eigenvalue weighted by Crippen LogP contribution is -2.43. The molecule has 0 aromatic heterocycles. The maximum Gasteiger partial charge on any atom is 0.407 e. The van der Waals surface area contributed by atoms with Gasteiger partial charge in [0.2, 0.25) is 0 Å². The van der Waals surface area contributed by atoms with Crippen LogP contribution in [-0.2, 0) is 9.53 Å². The lowest BCUT2D eigenvalue weighted by Gasteiger charge is -2.24. The van der Waals surface area contributed by atoms with E-state index in [1.807, 2.05) is 57.2 Å². The molecule has 0 heterocycles. The normalized spacial score (nSPS) is 14.2. The Balaban J connectivity index is 1.69. The van der Waals surface area contributed by atoms with E-state index in [4.69, 9.17) is 4.74 Å². The first-order valence-electron chi connectivity index (χ1n) is 9.10. The summed E-state index contributed by atoms with van der Waals surface area (Å²) in [7, 11) is 0. The average molecular weight is 367 g/mol. The van der Waals surface area contributed by atoms with Crippen molar-refractivity contribution < 1.29 is 19.4 Å². The molecule has 1 aliphatic carbocycles. The summed E-state index contributed by atoms with van der Waals surface area (Å²) in [6.07, 6.45) is -0.375. The van der Waals surface area contributed by atoms with Crippen molar-refractivity contribution in [3.05, 3.63) is 59.7 Å². The van der Waals surface area contributed by atoms with Gasteiger partial charge < -0.3 is 15.2 Å². The maximum absolute atomic E-state index is 12.2. The minimum Gasteiger partial charge on any atom is -0.480 e. The van der Waals surface area contributed by atoms with Crippen LogP contribution in [0, 0.1) is 5.41 Å². The Kier molecular flexibility index (Phi) is 5.22. The van der Waals surface area contributed by atoms with E-state index < -0.39 is 18.1 Å². The molecule has 0 unspecified atom stereocenters. The fraction of sp³-hybridized carbons (Fsp3) is 0.364. The number of carboxylic acid groups (broad SMARTS) is 1. The van der Waals surface area contributed by atoms with E-state index in [1.54, 1.807) is 0 Å². The smallest absolute Gasteiger partial charge is 0.407 e. The van der Waals surface area contributed by atoms with E-state index in [1.165, 1.54) is 0 Å².